The van der Waals surface area contributed by atoms with Gasteiger partial charge in [-0.3, -0.25) is 4.79 Å². The first-order valence-corrected chi connectivity index (χ1v) is 8.76. The fraction of sp³-hybridized carbons (Fsp3) is 0.579. The molecule has 1 saturated heterocycles. The highest BCUT2D eigenvalue weighted by molar-refractivity contribution is 5.76. The SMILES string of the molecule is CC(C)(C)OC(=O)N1CCC(C(C(=O)O)c2ccc(C(F)(F)F)cc2)CC1. The van der Waals surface area contributed by atoms with Crippen LogP contribution in [0.4, 0.5) is 18.0 Å². The third kappa shape index (κ3) is 5.61. The van der Waals surface area contributed by atoms with Gasteiger partial charge in [0.2, 0.25) is 0 Å². The lowest BCUT2D eigenvalue weighted by Crippen LogP contribution is -2.43. The van der Waals surface area contributed by atoms with Crippen LogP contribution >= 0.6 is 0 Å². The monoisotopic (exact) mass is 387 g/mol. The van der Waals surface area contributed by atoms with E-state index in [-0.39, 0.29) is 5.92 Å². The van der Waals surface area contributed by atoms with Crippen molar-refractivity contribution in [3.8, 4) is 0 Å². The Morgan fingerprint density at radius 1 is 1.11 bits per heavy atom. The normalized spacial score (nSPS) is 17.5. The summed E-state index contributed by atoms with van der Waals surface area (Å²) in [5, 5.41) is 9.61. The topological polar surface area (TPSA) is 66.8 Å². The van der Waals surface area contributed by atoms with E-state index in [1.54, 1.807) is 20.8 Å². The molecular formula is C19H24F3NO4. The molecule has 150 valence electrons. The number of carboxylic acids is 1. The zero-order valence-corrected chi connectivity index (χ0v) is 15.5. The first-order chi connectivity index (χ1) is 12.4. The molecule has 1 aliphatic heterocycles. The molecule has 1 amide bonds. The van der Waals surface area contributed by atoms with Crippen molar-refractivity contribution >= 4 is 12.1 Å². The van der Waals surface area contributed by atoms with Crippen molar-refractivity contribution in [2.75, 3.05) is 13.1 Å². The third-order valence-electron chi connectivity index (χ3n) is 4.53. The second-order valence-electron chi connectivity index (χ2n) is 7.74. The molecule has 0 spiro atoms. The van der Waals surface area contributed by atoms with Crippen LogP contribution < -0.4 is 0 Å². The molecule has 0 saturated carbocycles. The molecule has 8 heteroatoms. The van der Waals surface area contributed by atoms with Crippen LogP contribution in [0.2, 0.25) is 0 Å². The second-order valence-corrected chi connectivity index (χ2v) is 7.74. The van der Waals surface area contributed by atoms with E-state index in [0.29, 0.717) is 31.5 Å². The van der Waals surface area contributed by atoms with Gasteiger partial charge in [-0.05, 0) is 57.2 Å². The van der Waals surface area contributed by atoms with E-state index in [9.17, 15) is 27.9 Å². The Balaban J connectivity index is 2.07. The third-order valence-corrected chi connectivity index (χ3v) is 4.53. The van der Waals surface area contributed by atoms with E-state index in [1.165, 1.54) is 17.0 Å². The molecule has 0 aromatic heterocycles. The second kappa shape index (κ2) is 7.78. The van der Waals surface area contributed by atoms with Gasteiger partial charge in [-0.25, -0.2) is 4.79 Å². The molecule has 1 atom stereocenters. The lowest BCUT2D eigenvalue weighted by Gasteiger charge is -2.35. The summed E-state index contributed by atoms with van der Waals surface area (Å²) < 4.78 is 43.4. The predicted octanol–water partition coefficient (Wildman–Crippen LogP) is 4.52. The number of aliphatic carboxylic acids is 1. The summed E-state index contributed by atoms with van der Waals surface area (Å²) in [6.45, 7) is 6.00. The van der Waals surface area contributed by atoms with Gasteiger partial charge >= 0.3 is 18.2 Å². The van der Waals surface area contributed by atoms with E-state index in [2.05, 4.69) is 0 Å². The molecule has 1 aromatic carbocycles. The molecule has 27 heavy (non-hydrogen) atoms. The number of piperidine rings is 1. The minimum Gasteiger partial charge on any atom is -0.481 e. The molecule has 2 rings (SSSR count). The Hall–Kier alpha value is -2.25. The van der Waals surface area contributed by atoms with Crippen molar-refractivity contribution in [1.82, 2.24) is 4.90 Å². The van der Waals surface area contributed by atoms with Crippen LogP contribution in [0, 0.1) is 5.92 Å². The number of carboxylic acid groups (broad SMARTS) is 1. The van der Waals surface area contributed by atoms with Crippen LogP contribution in [-0.4, -0.2) is 40.8 Å². The number of nitrogens with zero attached hydrogens (tertiary/aromatic N) is 1. The molecular weight excluding hydrogens is 363 g/mol. The summed E-state index contributed by atoms with van der Waals surface area (Å²) in [4.78, 5) is 25.4. The van der Waals surface area contributed by atoms with E-state index in [4.69, 9.17) is 4.74 Å². The van der Waals surface area contributed by atoms with E-state index < -0.39 is 35.3 Å². The molecule has 1 unspecified atom stereocenters. The lowest BCUT2D eigenvalue weighted by atomic mass is 9.80. The number of alkyl halides is 3. The highest BCUT2D eigenvalue weighted by Gasteiger charge is 2.36. The number of benzene rings is 1. The number of hydrogen-bond donors (Lipinski definition) is 1. The summed E-state index contributed by atoms with van der Waals surface area (Å²) in [5.74, 6) is -2.25. The summed E-state index contributed by atoms with van der Waals surface area (Å²) in [6.07, 6.45) is -4.02. The number of amides is 1. The Bertz CT molecular complexity index is 672. The van der Waals surface area contributed by atoms with E-state index in [1.807, 2.05) is 0 Å². The van der Waals surface area contributed by atoms with Gasteiger partial charge in [0, 0.05) is 13.1 Å². The molecule has 1 fully saturated rings. The van der Waals surface area contributed by atoms with Gasteiger partial charge < -0.3 is 14.7 Å². The zero-order valence-electron chi connectivity index (χ0n) is 15.5. The fourth-order valence-electron chi connectivity index (χ4n) is 3.24. The zero-order chi connectivity index (χ0) is 20.4. The molecule has 0 bridgehead atoms. The van der Waals surface area contributed by atoms with Gasteiger partial charge in [-0.1, -0.05) is 12.1 Å². The van der Waals surface area contributed by atoms with Gasteiger partial charge in [-0.2, -0.15) is 13.2 Å². The van der Waals surface area contributed by atoms with Gasteiger partial charge in [0.05, 0.1) is 11.5 Å². The predicted molar refractivity (Wildman–Crippen MR) is 92.4 cm³/mol. The van der Waals surface area contributed by atoms with Gasteiger partial charge in [-0.15, -0.1) is 0 Å². The van der Waals surface area contributed by atoms with Gasteiger partial charge in [0.1, 0.15) is 5.60 Å². The molecule has 0 radical (unpaired) electrons. The number of halogens is 3. The van der Waals surface area contributed by atoms with Gasteiger partial charge in [0.25, 0.3) is 0 Å². The maximum atomic E-state index is 12.7. The summed E-state index contributed by atoms with van der Waals surface area (Å²) >= 11 is 0. The highest BCUT2D eigenvalue weighted by Crippen LogP contribution is 2.35. The van der Waals surface area contributed by atoms with Crippen molar-refractivity contribution in [3.63, 3.8) is 0 Å². The summed E-state index contributed by atoms with van der Waals surface area (Å²) in [5.41, 5.74) is -1.08. The Morgan fingerprint density at radius 2 is 1.63 bits per heavy atom. The van der Waals surface area contributed by atoms with Crippen LogP contribution in [0.25, 0.3) is 0 Å². The van der Waals surface area contributed by atoms with E-state index in [0.717, 1.165) is 12.1 Å². The average Bonchev–Trinajstić information content (AvgIpc) is 2.53. The largest absolute Gasteiger partial charge is 0.481 e. The van der Waals surface area contributed by atoms with Crippen LogP contribution in [0.5, 0.6) is 0 Å². The highest BCUT2D eigenvalue weighted by atomic mass is 19.4. The van der Waals surface area contributed by atoms with E-state index >= 15 is 0 Å². The number of likely N-dealkylation sites (tertiary alicyclic amines) is 1. The number of rotatable bonds is 3. The molecule has 1 aromatic rings. The van der Waals surface area contributed by atoms with Crippen molar-refractivity contribution in [1.29, 1.82) is 0 Å². The fourth-order valence-corrected chi connectivity index (χ4v) is 3.24. The van der Waals surface area contributed by atoms with Crippen LogP contribution in [-0.2, 0) is 15.7 Å². The maximum absolute atomic E-state index is 12.7. The minimum absolute atomic E-state index is 0.266. The smallest absolute Gasteiger partial charge is 0.416 e. The number of hydrogen-bond acceptors (Lipinski definition) is 3. The standard InChI is InChI=1S/C19H24F3NO4/c1-18(2,3)27-17(26)23-10-8-13(9-11-23)15(16(24)25)12-4-6-14(7-5-12)19(20,21)22/h4-7,13,15H,8-11H2,1-3H3,(H,24,25). The Kier molecular flexibility index (Phi) is 6.07. The Labute approximate surface area is 156 Å². The number of carbonyl (C=O) groups excluding carboxylic acids is 1. The summed E-state index contributed by atoms with van der Waals surface area (Å²) in [6, 6.07) is 4.26. The van der Waals surface area contributed by atoms with Crippen molar-refractivity contribution in [2.24, 2.45) is 5.92 Å². The Morgan fingerprint density at radius 3 is 2.04 bits per heavy atom. The average molecular weight is 387 g/mol. The number of carbonyl (C=O) groups is 2. The van der Waals surface area contributed by atoms with Crippen LogP contribution in [0.3, 0.4) is 0 Å². The summed E-state index contributed by atoms with van der Waals surface area (Å²) in [7, 11) is 0. The molecule has 5 nitrogen and oxygen atoms in total. The number of ether oxygens (including phenoxy) is 1. The van der Waals surface area contributed by atoms with Crippen molar-refractivity contribution in [3.05, 3.63) is 35.4 Å². The first-order valence-electron chi connectivity index (χ1n) is 8.76. The first kappa shape index (κ1) is 21.1. The lowest BCUT2D eigenvalue weighted by molar-refractivity contribution is -0.140. The van der Waals surface area contributed by atoms with Crippen molar-refractivity contribution < 1.29 is 32.6 Å². The maximum Gasteiger partial charge on any atom is 0.416 e. The molecule has 0 aliphatic carbocycles. The van der Waals surface area contributed by atoms with Crippen molar-refractivity contribution in [2.45, 2.75) is 51.3 Å². The van der Waals surface area contributed by atoms with Crippen LogP contribution in [0.1, 0.15) is 50.7 Å². The minimum atomic E-state index is -4.46. The van der Waals surface area contributed by atoms with Crippen LogP contribution in [0.15, 0.2) is 24.3 Å². The molecule has 1 aliphatic rings. The quantitative estimate of drug-likeness (QED) is 0.828. The van der Waals surface area contributed by atoms with Gasteiger partial charge in [0.15, 0.2) is 0 Å². The molecule has 1 heterocycles. The molecule has 1 N–H and O–H groups in total.